The summed E-state index contributed by atoms with van der Waals surface area (Å²) in [5.74, 6) is 0.417. The highest BCUT2D eigenvalue weighted by atomic mass is 16.6. The van der Waals surface area contributed by atoms with Crippen LogP contribution in [0.5, 0.6) is 5.88 Å². The Bertz CT molecular complexity index is 475. The smallest absolute Gasteiger partial charge is 0.407 e. The van der Waals surface area contributed by atoms with E-state index in [1.807, 2.05) is 20.8 Å². The summed E-state index contributed by atoms with van der Waals surface area (Å²) in [5.41, 5.74) is 0.869. The Morgan fingerprint density at radius 2 is 2.14 bits per heavy atom. The van der Waals surface area contributed by atoms with Crippen molar-refractivity contribution in [3.8, 4) is 5.88 Å². The number of unbranched alkanes of at least 4 members (excludes halogenated alkanes) is 1. The van der Waals surface area contributed by atoms with Crippen molar-refractivity contribution in [2.45, 2.75) is 59.1 Å². The Morgan fingerprint density at radius 3 is 2.76 bits per heavy atom. The van der Waals surface area contributed by atoms with Gasteiger partial charge in [0.15, 0.2) is 0 Å². The normalized spacial score (nSPS) is 11.1. The van der Waals surface area contributed by atoms with E-state index in [0.717, 1.165) is 25.0 Å². The van der Waals surface area contributed by atoms with Crippen LogP contribution < -0.4 is 10.1 Å². The summed E-state index contributed by atoms with van der Waals surface area (Å²) in [4.78, 5) is 20.3. The van der Waals surface area contributed by atoms with E-state index in [1.54, 1.807) is 6.20 Å². The third-order valence-corrected chi connectivity index (χ3v) is 3.03. The van der Waals surface area contributed by atoms with Gasteiger partial charge in [-0.25, -0.2) is 9.78 Å². The summed E-state index contributed by atoms with van der Waals surface area (Å²) in [7, 11) is 1.53. The standard InChI is InChI=1S/C15H25N3O3/c1-6-7-8-15(3,4)21-14(19)17-10-12-13(20-5)18-11(2)9-16-12/h9H,6-8,10H2,1-5H3,(H,17,19). The van der Waals surface area contributed by atoms with Crippen LogP contribution in [0.4, 0.5) is 4.79 Å². The second-order valence-corrected chi connectivity index (χ2v) is 5.57. The van der Waals surface area contributed by atoms with E-state index in [0.29, 0.717) is 11.6 Å². The highest BCUT2D eigenvalue weighted by Crippen LogP contribution is 2.18. The van der Waals surface area contributed by atoms with E-state index < -0.39 is 11.7 Å². The van der Waals surface area contributed by atoms with Gasteiger partial charge in [0.25, 0.3) is 0 Å². The average Bonchev–Trinajstić information content (AvgIpc) is 2.43. The van der Waals surface area contributed by atoms with Gasteiger partial charge in [-0.3, -0.25) is 4.98 Å². The zero-order valence-corrected chi connectivity index (χ0v) is 13.5. The lowest BCUT2D eigenvalue weighted by molar-refractivity contribution is 0.0308. The fraction of sp³-hybridized carbons (Fsp3) is 0.667. The summed E-state index contributed by atoms with van der Waals surface area (Å²) in [6, 6.07) is 0. The van der Waals surface area contributed by atoms with E-state index in [-0.39, 0.29) is 6.54 Å². The number of ether oxygens (including phenoxy) is 2. The van der Waals surface area contributed by atoms with Crippen LogP contribution in [0, 0.1) is 6.92 Å². The first kappa shape index (κ1) is 17.2. The molecule has 0 saturated heterocycles. The Morgan fingerprint density at radius 1 is 1.43 bits per heavy atom. The van der Waals surface area contributed by atoms with E-state index in [9.17, 15) is 4.79 Å². The molecule has 0 bridgehead atoms. The molecule has 6 heteroatoms. The van der Waals surface area contributed by atoms with Crippen LogP contribution in [-0.4, -0.2) is 28.8 Å². The third-order valence-electron chi connectivity index (χ3n) is 3.03. The molecule has 0 aliphatic carbocycles. The van der Waals surface area contributed by atoms with Gasteiger partial charge in [-0.1, -0.05) is 13.3 Å². The van der Waals surface area contributed by atoms with Gasteiger partial charge in [0, 0.05) is 6.20 Å². The van der Waals surface area contributed by atoms with Crippen molar-refractivity contribution < 1.29 is 14.3 Å². The number of hydrogen-bond acceptors (Lipinski definition) is 5. The monoisotopic (exact) mass is 295 g/mol. The van der Waals surface area contributed by atoms with Crippen molar-refractivity contribution in [2.24, 2.45) is 0 Å². The lowest BCUT2D eigenvalue weighted by Gasteiger charge is -2.25. The van der Waals surface area contributed by atoms with Crippen molar-refractivity contribution in [1.29, 1.82) is 0 Å². The van der Waals surface area contributed by atoms with Gasteiger partial charge in [0.2, 0.25) is 5.88 Å². The first-order chi connectivity index (χ1) is 9.88. The largest absolute Gasteiger partial charge is 0.480 e. The Hall–Kier alpha value is -1.85. The predicted octanol–water partition coefficient (Wildman–Crippen LogP) is 2.99. The van der Waals surface area contributed by atoms with Crippen molar-refractivity contribution >= 4 is 6.09 Å². The predicted molar refractivity (Wildman–Crippen MR) is 80.2 cm³/mol. The lowest BCUT2D eigenvalue weighted by Crippen LogP contribution is -2.34. The first-order valence-electron chi connectivity index (χ1n) is 7.21. The summed E-state index contributed by atoms with van der Waals surface area (Å²) < 4.78 is 10.6. The molecule has 118 valence electrons. The molecule has 21 heavy (non-hydrogen) atoms. The maximum absolute atomic E-state index is 11.8. The SMILES string of the molecule is CCCCC(C)(C)OC(=O)NCc1ncc(C)nc1OC. The quantitative estimate of drug-likeness (QED) is 0.837. The highest BCUT2D eigenvalue weighted by molar-refractivity contribution is 5.67. The molecule has 1 aromatic heterocycles. The molecule has 1 heterocycles. The highest BCUT2D eigenvalue weighted by Gasteiger charge is 2.22. The van der Waals surface area contributed by atoms with Gasteiger partial charge in [0.1, 0.15) is 11.3 Å². The van der Waals surface area contributed by atoms with Gasteiger partial charge < -0.3 is 14.8 Å². The van der Waals surface area contributed by atoms with Crippen molar-refractivity contribution in [2.75, 3.05) is 7.11 Å². The fourth-order valence-electron chi connectivity index (χ4n) is 1.86. The molecule has 0 spiro atoms. The number of methoxy groups -OCH3 is 1. The number of alkyl carbamates (subject to hydrolysis) is 1. The second kappa shape index (κ2) is 7.81. The number of carbonyl (C=O) groups excluding carboxylic acids is 1. The molecule has 0 aromatic carbocycles. The molecule has 0 aliphatic heterocycles. The number of aromatic nitrogens is 2. The van der Waals surface area contributed by atoms with Gasteiger partial charge >= 0.3 is 6.09 Å². The minimum absolute atomic E-state index is 0.221. The minimum Gasteiger partial charge on any atom is -0.480 e. The molecule has 1 N–H and O–H groups in total. The molecule has 0 atom stereocenters. The summed E-state index contributed by atoms with van der Waals surface area (Å²) >= 11 is 0. The number of nitrogens with zero attached hydrogens (tertiary/aromatic N) is 2. The number of nitrogens with one attached hydrogen (secondary N) is 1. The van der Waals surface area contributed by atoms with Crippen molar-refractivity contribution in [3.63, 3.8) is 0 Å². The molecule has 0 aliphatic rings. The van der Waals surface area contributed by atoms with Crippen molar-refractivity contribution in [3.05, 3.63) is 17.6 Å². The Kier molecular flexibility index (Phi) is 6.39. The molecule has 0 radical (unpaired) electrons. The van der Waals surface area contributed by atoms with Gasteiger partial charge in [-0.15, -0.1) is 0 Å². The van der Waals surface area contributed by atoms with Crippen LogP contribution in [0.25, 0.3) is 0 Å². The van der Waals surface area contributed by atoms with Crippen LogP contribution in [0.1, 0.15) is 51.4 Å². The van der Waals surface area contributed by atoms with E-state index >= 15 is 0 Å². The molecule has 0 fully saturated rings. The van der Waals surface area contributed by atoms with Gasteiger partial charge in [-0.05, 0) is 33.6 Å². The molecule has 6 nitrogen and oxygen atoms in total. The number of aryl methyl sites for hydroxylation is 1. The van der Waals surface area contributed by atoms with E-state index in [1.165, 1.54) is 7.11 Å². The topological polar surface area (TPSA) is 73.3 Å². The van der Waals surface area contributed by atoms with E-state index in [4.69, 9.17) is 9.47 Å². The molecule has 0 saturated carbocycles. The summed E-state index contributed by atoms with van der Waals surface area (Å²) in [6.07, 6.45) is 4.11. The van der Waals surface area contributed by atoms with Crippen LogP contribution in [0.3, 0.4) is 0 Å². The zero-order valence-electron chi connectivity index (χ0n) is 13.5. The molecular formula is C15H25N3O3. The van der Waals surface area contributed by atoms with Crippen LogP contribution in [0.2, 0.25) is 0 Å². The molecule has 0 unspecified atom stereocenters. The molecule has 1 aromatic rings. The van der Waals surface area contributed by atoms with Gasteiger partial charge in [-0.2, -0.15) is 0 Å². The number of carbonyl (C=O) groups is 1. The molecule has 1 rings (SSSR count). The average molecular weight is 295 g/mol. The van der Waals surface area contributed by atoms with Crippen LogP contribution in [-0.2, 0) is 11.3 Å². The molecule has 1 amide bonds. The van der Waals surface area contributed by atoms with Crippen LogP contribution in [0.15, 0.2) is 6.20 Å². The van der Waals surface area contributed by atoms with Crippen LogP contribution >= 0.6 is 0 Å². The number of rotatable bonds is 7. The number of hydrogen-bond donors (Lipinski definition) is 1. The minimum atomic E-state index is -0.469. The maximum atomic E-state index is 11.8. The molecular weight excluding hydrogens is 270 g/mol. The third kappa shape index (κ3) is 5.97. The summed E-state index contributed by atoms with van der Waals surface area (Å²) in [5, 5.41) is 2.68. The summed E-state index contributed by atoms with van der Waals surface area (Å²) in [6.45, 7) is 7.98. The maximum Gasteiger partial charge on any atom is 0.407 e. The first-order valence-corrected chi connectivity index (χ1v) is 7.21. The van der Waals surface area contributed by atoms with Gasteiger partial charge in [0.05, 0.1) is 19.3 Å². The Balaban J connectivity index is 2.53. The lowest BCUT2D eigenvalue weighted by atomic mass is 10.0. The number of amides is 1. The fourth-order valence-corrected chi connectivity index (χ4v) is 1.86. The Labute approximate surface area is 126 Å². The zero-order chi connectivity index (χ0) is 15.9. The van der Waals surface area contributed by atoms with E-state index in [2.05, 4.69) is 22.2 Å². The second-order valence-electron chi connectivity index (χ2n) is 5.57. The van der Waals surface area contributed by atoms with Crippen molar-refractivity contribution in [1.82, 2.24) is 15.3 Å².